The van der Waals surface area contributed by atoms with E-state index < -0.39 is 0 Å². The molecule has 0 aliphatic carbocycles. The number of benzene rings is 2. The molecule has 4 rings (SSSR count). The smallest absolute Gasteiger partial charge is 0.272 e. The average molecular weight is 388 g/mol. The summed E-state index contributed by atoms with van der Waals surface area (Å²) in [6.45, 7) is 5.66. The van der Waals surface area contributed by atoms with Gasteiger partial charge in [-0.15, -0.1) is 0 Å². The van der Waals surface area contributed by atoms with E-state index in [1.54, 1.807) is 6.07 Å². The zero-order valence-corrected chi connectivity index (χ0v) is 16.7. The summed E-state index contributed by atoms with van der Waals surface area (Å²) in [5.41, 5.74) is 4.41. The van der Waals surface area contributed by atoms with Crippen molar-refractivity contribution in [1.82, 2.24) is 14.9 Å². The highest BCUT2D eigenvalue weighted by Gasteiger charge is 2.23. The van der Waals surface area contributed by atoms with E-state index in [4.69, 9.17) is 4.74 Å². The summed E-state index contributed by atoms with van der Waals surface area (Å²) in [6, 6.07) is 17.6. The molecule has 1 aliphatic rings. The second kappa shape index (κ2) is 8.31. The Morgan fingerprint density at radius 3 is 2.69 bits per heavy atom. The molecule has 6 nitrogen and oxygen atoms in total. The zero-order chi connectivity index (χ0) is 20.2. The largest absolute Gasteiger partial charge is 0.492 e. The molecule has 2 heterocycles. The van der Waals surface area contributed by atoms with Gasteiger partial charge in [0.15, 0.2) is 0 Å². The number of carbonyl (C=O) groups excluding carboxylic acids is 1. The predicted octanol–water partition coefficient (Wildman–Crippen LogP) is 4.13. The first-order valence-electron chi connectivity index (χ1n) is 9.84. The Bertz CT molecular complexity index is 1030. The second-order valence-electron chi connectivity index (χ2n) is 7.02. The highest BCUT2D eigenvalue weighted by atomic mass is 16.5. The number of para-hydroxylation sites is 2. The minimum atomic E-state index is -0.0776. The Hall–Kier alpha value is -3.41. The van der Waals surface area contributed by atoms with E-state index in [2.05, 4.69) is 27.4 Å². The summed E-state index contributed by atoms with van der Waals surface area (Å²) in [7, 11) is 0. The van der Waals surface area contributed by atoms with E-state index in [0.29, 0.717) is 31.3 Å². The number of ether oxygens (including phenoxy) is 1. The lowest BCUT2D eigenvalue weighted by atomic mass is 10.00. The minimum Gasteiger partial charge on any atom is -0.492 e. The van der Waals surface area contributed by atoms with Gasteiger partial charge in [0, 0.05) is 18.8 Å². The topological polar surface area (TPSA) is 67.3 Å². The number of carbonyl (C=O) groups is 1. The zero-order valence-electron chi connectivity index (χ0n) is 16.7. The Kier molecular flexibility index (Phi) is 5.42. The Balaban J connectivity index is 1.57. The van der Waals surface area contributed by atoms with Crippen LogP contribution < -0.4 is 10.1 Å². The van der Waals surface area contributed by atoms with Crippen LogP contribution in [0.25, 0.3) is 0 Å². The molecule has 0 saturated carbocycles. The van der Waals surface area contributed by atoms with Crippen LogP contribution in [-0.4, -0.2) is 33.9 Å². The molecule has 2 aromatic carbocycles. The summed E-state index contributed by atoms with van der Waals surface area (Å²) < 4.78 is 5.65. The normalized spacial score (nSPS) is 13.0. The number of anilines is 2. The van der Waals surface area contributed by atoms with Gasteiger partial charge in [-0.1, -0.05) is 36.4 Å². The van der Waals surface area contributed by atoms with Crippen LogP contribution in [0.4, 0.5) is 11.6 Å². The van der Waals surface area contributed by atoms with Gasteiger partial charge in [0.2, 0.25) is 5.95 Å². The van der Waals surface area contributed by atoms with Crippen molar-refractivity contribution in [2.24, 2.45) is 0 Å². The predicted molar refractivity (Wildman–Crippen MR) is 113 cm³/mol. The molecular weight excluding hydrogens is 364 g/mol. The van der Waals surface area contributed by atoms with Gasteiger partial charge >= 0.3 is 0 Å². The van der Waals surface area contributed by atoms with Crippen LogP contribution in [0.5, 0.6) is 5.75 Å². The molecule has 0 bridgehead atoms. The molecule has 1 N–H and O–H groups in total. The number of aromatic nitrogens is 2. The molecule has 3 aromatic rings. The number of nitrogens with zero attached hydrogens (tertiary/aromatic N) is 3. The fraction of sp³-hybridized carbons (Fsp3) is 0.261. The number of fused-ring (bicyclic) bond motifs is 1. The van der Waals surface area contributed by atoms with E-state index >= 15 is 0 Å². The first-order chi connectivity index (χ1) is 14.1. The molecule has 1 amide bonds. The maximum atomic E-state index is 13.1. The fourth-order valence-corrected chi connectivity index (χ4v) is 3.54. The van der Waals surface area contributed by atoms with Gasteiger partial charge < -0.3 is 15.0 Å². The third-order valence-electron chi connectivity index (χ3n) is 4.92. The SMILES string of the molecule is CCOc1ccccc1Nc1nc(C)cc(C(=O)N2CCc3ccccc3C2)n1. The quantitative estimate of drug-likeness (QED) is 0.712. The van der Waals surface area contributed by atoms with Crippen molar-refractivity contribution in [2.75, 3.05) is 18.5 Å². The molecule has 0 fully saturated rings. The summed E-state index contributed by atoms with van der Waals surface area (Å²) in [6.07, 6.45) is 0.860. The molecule has 0 saturated heterocycles. The molecule has 29 heavy (non-hydrogen) atoms. The van der Waals surface area contributed by atoms with Gasteiger partial charge in [-0.2, -0.15) is 0 Å². The Labute approximate surface area is 170 Å². The van der Waals surface area contributed by atoms with Crippen molar-refractivity contribution >= 4 is 17.5 Å². The maximum absolute atomic E-state index is 13.1. The Morgan fingerprint density at radius 2 is 1.86 bits per heavy atom. The number of hydrogen-bond donors (Lipinski definition) is 1. The Morgan fingerprint density at radius 1 is 1.10 bits per heavy atom. The van der Waals surface area contributed by atoms with Crippen molar-refractivity contribution in [3.05, 3.63) is 77.1 Å². The highest BCUT2D eigenvalue weighted by Crippen LogP contribution is 2.26. The summed E-state index contributed by atoms with van der Waals surface area (Å²) >= 11 is 0. The summed E-state index contributed by atoms with van der Waals surface area (Å²) in [4.78, 5) is 23.9. The van der Waals surface area contributed by atoms with Crippen LogP contribution in [-0.2, 0) is 13.0 Å². The van der Waals surface area contributed by atoms with Crippen LogP contribution in [0.3, 0.4) is 0 Å². The van der Waals surface area contributed by atoms with E-state index in [1.165, 1.54) is 11.1 Å². The molecule has 0 spiro atoms. The van der Waals surface area contributed by atoms with Crippen LogP contribution in [0.1, 0.15) is 34.2 Å². The first kappa shape index (κ1) is 18.9. The lowest BCUT2D eigenvalue weighted by Gasteiger charge is -2.28. The molecule has 1 aromatic heterocycles. The number of nitrogens with one attached hydrogen (secondary N) is 1. The number of amides is 1. The van der Waals surface area contributed by atoms with Gasteiger partial charge in [-0.25, -0.2) is 9.97 Å². The molecular formula is C23H24N4O2. The minimum absolute atomic E-state index is 0.0776. The highest BCUT2D eigenvalue weighted by molar-refractivity contribution is 5.93. The van der Waals surface area contributed by atoms with Crippen molar-refractivity contribution in [3.8, 4) is 5.75 Å². The van der Waals surface area contributed by atoms with Gasteiger partial charge in [0.1, 0.15) is 11.4 Å². The van der Waals surface area contributed by atoms with Crippen LogP contribution in [0.15, 0.2) is 54.6 Å². The third kappa shape index (κ3) is 4.21. The van der Waals surface area contributed by atoms with E-state index in [9.17, 15) is 4.79 Å². The van der Waals surface area contributed by atoms with Crippen LogP contribution in [0.2, 0.25) is 0 Å². The molecule has 1 aliphatic heterocycles. The van der Waals surface area contributed by atoms with E-state index in [1.807, 2.05) is 55.1 Å². The lowest BCUT2D eigenvalue weighted by Crippen LogP contribution is -2.36. The standard InChI is InChI=1S/C23H24N4O2/c1-3-29-21-11-7-6-10-19(21)25-23-24-16(2)14-20(26-23)22(28)27-13-12-17-8-4-5-9-18(17)15-27/h4-11,14H,3,12-13,15H2,1-2H3,(H,24,25,26). The number of rotatable bonds is 5. The monoisotopic (exact) mass is 388 g/mol. The van der Waals surface area contributed by atoms with E-state index in [0.717, 1.165) is 23.6 Å². The summed E-state index contributed by atoms with van der Waals surface area (Å²) in [5.74, 6) is 1.03. The molecule has 0 unspecified atom stereocenters. The van der Waals surface area contributed by atoms with Gasteiger partial charge in [-0.05, 0) is 49.6 Å². The molecule has 0 radical (unpaired) electrons. The fourth-order valence-electron chi connectivity index (χ4n) is 3.54. The van der Waals surface area contributed by atoms with Gasteiger partial charge in [-0.3, -0.25) is 4.79 Å². The van der Waals surface area contributed by atoms with Crippen LogP contribution in [0, 0.1) is 6.92 Å². The van der Waals surface area contributed by atoms with Crippen molar-refractivity contribution in [1.29, 1.82) is 0 Å². The second-order valence-corrected chi connectivity index (χ2v) is 7.02. The average Bonchev–Trinajstić information content (AvgIpc) is 2.74. The molecule has 148 valence electrons. The van der Waals surface area contributed by atoms with Crippen molar-refractivity contribution < 1.29 is 9.53 Å². The molecule has 0 atom stereocenters. The van der Waals surface area contributed by atoms with E-state index in [-0.39, 0.29) is 5.91 Å². The summed E-state index contributed by atoms with van der Waals surface area (Å²) in [5, 5.41) is 3.19. The van der Waals surface area contributed by atoms with Crippen molar-refractivity contribution in [3.63, 3.8) is 0 Å². The van der Waals surface area contributed by atoms with Crippen LogP contribution >= 0.6 is 0 Å². The lowest BCUT2D eigenvalue weighted by molar-refractivity contribution is 0.0728. The number of aryl methyl sites for hydroxylation is 1. The number of hydrogen-bond acceptors (Lipinski definition) is 5. The maximum Gasteiger partial charge on any atom is 0.272 e. The van der Waals surface area contributed by atoms with Crippen molar-refractivity contribution in [2.45, 2.75) is 26.8 Å². The van der Waals surface area contributed by atoms with Gasteiger partial charge in [0.25, 0.3) is 5.91 Å². The third-order valence-corrected chi connectivity index (χ3v) is 4.92. The van der Waals surface area contributed by atoms with Gasteiger partial charge in [0.05, 0.1) is 12.3 Å². The first-order valence-corrected chi connectivity index (χ1v) is 9.84. The molecule has 6 heteroatoms.